The average Bonchev–Trinajstić information content (AvgIpc) is 2.53. The van der Waals surface area contributed by atoms with Crippen molar-refractivity contribution in [2.24, 2.45) is 0 Å². The molecule has 0 aliphatic carbocycles. The molecule has 0 unspecified atom stereocenters. The van der Waals surface area contributed by atoms with Gasteiger partial charge in [0.25, 0.3) is 0 Å². The Kier molecular flexibility index (Phi) is 55.3. The zero-order chi connectivity index (χ0) is 17.5. The number of hydrogen-bond donors (Lipinski definition) is 1. The van der Waals surface area contributed by atoms with Gasteiger partial charge in [-0.25, -0.2) is 0 Å². The second-order valence-electron chi connectivity index (χ2n) is 3.55. The maximum absolute atomic E-state index is 10.1. The molecule has 125 valence electrons. The fourth-order valence-corrected chi connectivity index (χ4v) is 1.20. The smallest absolute Gasteiger partial charge is 0 e. The van der Waals surface area contributed by atoms with Gasteiger partial charge in [-0.3, -0.25) is 0 Å². The monoisotopic (exact) mass is 352 g/mol. The molecular weight excluding hydrogens is 332 g/mol. The van der Waals surface area contributed by atoms with Crippen LogP contribution in [0.5, 0.6) is 0 Å². The third-order valence-corrected chi connectivity index (χ3v) is 2.01. The van der Waals surface area contributed by atoms with Gasteiger partial charge in [0.15, 0.2) is 0 Å². The van der Waals surface area contributed by atoms with Crippen LogP contribution >= 0.6 is 0 Å². The minimum absolute atomic E-state index is 0. The molecule has 0 aromatic carbocycles. The van der Waals surface area contributed by atoms with Gasteiger partial charge in [0, 0.05) is 23.5 Å². The molecule has 0 bridgehead atoms. The minimum atomic E-state index is -0.474. The van der Waals surface area contributed by atoms with Crippen molar-refractivity contribution in [2.75, 3.05) is 0 Å². The van der Waals surface area contributed by atoms with Crippen molar-refractivity contribution in [3.05, 3.63) is 39.2 Å². The van der Waals surface area contributed by atoms with Gasteiger partial charge < -0.3 is 14.6 Å². The normalized spacial score (nSPS) is 10.2. The Morgan fingerprint density at radius 1 is 1.14 bits per heavy atom. The summed E-state index contributed by atoms with van der Waals surface area (Å²) in [6.07, 6.45) is 8.55. The van der Waals surface area contributed by atoms with Crippen LogP contribution in [0.1, 0.15) is 39.5 Å². The van der Waals surface area contributed by atoms with Crippen LogP contribution in [0.25, 0.3) is 0 Å². The van der Waals surface area contributed by atoms with Crippen molar-refractivity contribution < 1.29 is 45.7 Å². The molecule has 0 spiro atoms. The molecule has 7 heteroatoms. The number of unbranched alkanes of at least 4 members (excludes halogenated alkanes) is 2. The van der Waals surface area contributed by atoms with E-state index in [4.69, 9.17) is 23.8 Å². The fourth-order valence-electron chi connectivity index (χ4n) is 1.20. The molecule has 0 aliphatic heterocycles. The molecule has 0 aromatic rings. The quantitative estimate of drug-likeness (QED) is 0.281. The average molecular weight is 352 g/mol. The Hall–Kier alpha value is -0.831. The molecule has 0 heterocycles. The minimum Gasteiger partial charge on any atom is 0 e. The number of carbonyl (C=O) groups excluding carboxylic acids is 1. The molecule has 0 amide bonds. The first-order valence-corrected chi connectivity index (χ1v) is 6.04. The van der Waals surface area contributed by atoms with E-state index in [0.717, 1.165) is 25.7 Å². The van der Waals surface area contributed by atoms with Crippen LogP contribution < -0.4 is 0 Å². The Morgan fingerprint density at radius 3 is 2.00 bits per heavy atom. The first-order valence-electron chi connectivity index (χ1n) is 6.04. The van der Waals surface area contributed by atoms with Crippen LogP contribution in [0.15, 0.2) is 0 Å². The van der Waals surface area contributed by atoms with Gasteiger partial charge in [0.1, 0.15) is 0 Å². The Balaban J connectivity index is -0.000000122. The van der Waals surface area contributed by atoms with E-state index in [1.165, 1.54) is 6.47 Å². The molecule has 3 radical (unpaired) electrons. The van der Waals surface area contributed by atoms with E-state index in [2.05, 4.69) is 26.9 Å². The van der Waals surface area contributed by atoms with Crippen LogP contribution in [0.3, 0.4) is 0 Å². The summed E-state index contributed by atoms with van der Waals surface area (Å²) in [4.78, 5) is 10.1. The predicted molar refractivity (Wildman–Crippen MR) is 71.1 cm³/mol. The van der Waals surface area contributed by atoms with Crippen LogP contribution in [0, 0.1) is 39.2 Å². The van der Waals surface area contributed by atoms with Crippen LogP contribution in [0.4, 0.5) is 0 Å². The van der Waals surface area contributed by atoms with E-state index in [1.807, 2.05) is 0 Å². The van der Waals surface area contributed by atoms with Crippen molar-refractivity contribution in [1.82, 2.24) is 0 Å². The topological polar surface area (TPSA) is 106 Å². The molecule has 0 fully saturated rings. The summed E-state index contributed by atoms with van der Waals surface area (Å²) in [5.41, 5.74) is 0. The molecule has 0 aromatic heterocycles. The fraction of sp³-hybridized carbons (Fsp3) is 0.533. The summed E-state index contributed by atoms with van der Waals surface area (Å²) < 4.78 is 27.3. The molecule has 6 nitrogen and oxygen atoms in total. The van der Waals surface area contributed by atoms with Gasteiger partial charge in [0.2, 0.25) is 0 Å². The van der Waals surface area contributed by atoms with E-state index >= 15 is 0 Å². The van der Waals surface area contributed by atoms with Gasteiger partial charge in [-0.15, -0.1) is 0 Å². The molecule has 0 aliphatic rings. The molecule has 2 atom stereocenters. The van der Waals surface area contributed by atoms with E-state index in [-0.39, 0.29) is 23.2 Å². The Bertz CT molecular complexity index is 236. The Morgan fingerprint density at radius 2 is 1.64 bits per heavy atom. The maximum Gasteiger partial charge on any atom is 0 e. The van der Waals surface area contributed by atoms with Crippen molar-refractivity contribution in [1.29, 1.82) is 0 Å². The molecular formula is C15H20FeO6-. The summed E-state index contributed by atoms with van der Waals surface area (Å²) in [6, 6.07) is 0. The standard InChI is InChI=1S/C12H20O3.3CO.Fe/c1-3-4-5-8-12(15-10-13)9-6-7-11(2)14;3*1-2;/h6-7,9,11-12,14H,3-5,8H2,1-2H3;;;;/q-1;;;;/t11-,12+;;;;/m0..../s1. The van der Waals surface area contributed by atoms with E-state index < -0.39 is 6.10 Å². The van der Waals surface area contributed by atoms with Crippen molar-refractivity contribution in [3.63, 3.8) is 0 Å². The SMILES string of the molecule is CCCCC[C@H]([CH][CH][CH][C@H](C)O)O[C-]=O.[C-]#[O+].[C-]#[O+].[C-]#[O+].[Fe]. The first kappa shape index (κ1) is 32.9. The first-order chi connectivity index (χ1) is 10.2. The number of rotatable bonds is 10. The van der Waals surface area contributed by atoms with Crippen molar-refractivity contribution >= 4 is 6.47 Å². The van der Waals surface area contributed by atoms with Gasteiger partial charge in [-0.1, -0.05) is 26.2 Å². The predicted octanol–water partition coefficient (Wildman–Crippen LogP) is 1.90. The largest absolute Gasteiger partial charge is 0 e. The summed E-state index contributed by atoms with van der Waals surface area (Å²) in [5, 5.41) is 8.98. The third-order valence-electron chi connectivity index (χ3n) is 2.01. The molecule has 1 N–H and O–H groups in total. The summed E-state index contributed by atoms with van der Waals surface area (Å²) in [5.74, 6) is 0. The van der Waals surface area contributed by atoms with E-state index in [1.54, 1.807) is 26.2 Å². The van der Waals surface area contributed by atoms with E-state index in [9.17, 15) is 4.79 Å². The number of aliphatic hydroxyl groups excluding tert-OH is 1. The van der Waals surface area contributed by atoms with Gasteiger partial charge in [0.05, 0.1) is 12.2 Å². The van der Waals surface area contributed by atoms with Crippen molar-refractivity contribution in [2.45, 2.75) is 51.7 Å². The molecule has 0 saturated heterocycles. The molecule has 0 saturated carbocycles. The molecule has 0 rings (SSSR count). The van der Waals surface area contributed by atoms with Crippen LogP contribution in [-0.4, -0.2) is 23.8 Å². The maximum atomic E-state index is 10.1. The summed E-state index contributed by atoms with van der Waals surface area (Å²) >= 11 is 0. The van der Waals surface area contributed by atoms with Gasteiger partial charge in [-0.05, 0) is 32.6 Å². The van der Waals surface area contributed by atoms with Gasteiger partial charge >= 0.3 is 33.9 Å². The zero-order valence-corrected chi connectivity index (χ0v) is 13.7. The second kappa shape index (κ2) is 36.9. The van der Waals surface area contributed by atoms with Crippen LogP contribution in [0.2, 0.25) is 0 Å². The Labute approximate surface area is 143 Å². The van der Waals surface area contributed by atoms with E-state index in [0.29, 0.717) is 0 Å². The number of ether oxygens (including phenoxy) is 1. The third kappa shape index (κ3) is 36.5. The zero-order valence-electron chi connectivity index (χ0n) is 12.6. The van der Waals surface area contributed by atoms with Crippen molar-refractivity contribution in [3.8, 4) is 0 Å². The number of aliphatic hydroxyl groups is 1. The number of hydrogen-bond acceptors (Lipinski definition) is 3. The summed E-state index contributed by atoms with van der Waals surface area (Å²) in [7, 11) is 0. The molecule has 22 heavy (non-hydrogen) atoms. The second-order valence-corrected chi connectivity index (χ2v) is 3.55. The summed E-state index contributed by atoms with van der Waals surface area (Å²) in [6.45, 7) is 18.7. The van der Waals surface area contributed by atoms with Crippen LogP contribution in [-0.2, 0) is 40.6 Å². The van der Waals surface area contributed by atoms with Gasteiger partial charge in [-0.2, -0.15) is 0 Å².